The summed E-state index contributed by atoms with van der Waals surface area (Å²) in [5.74, 6) is 0.977. The highest BCUT2D eigenvalue weighted by atomic mass is 16.5. The molecule has 8 heteroatoms. The fraction of sp³-hybridized carbons (Fsp3) is 0.370. The first-order valence-electron chi connectivity index (χ1n) is 11.8. The number of ether oxygens (including phenoxy) is 1. The first kappa shape index (κ1) is 25.8. The molecule has 2 N–H and O–H groups in total. The SMILES string of the molecule is CCCN(CC(=O)Nc1cc(C(C)(C)C)nn1-c1ccc(OC)cc1)C(=O)Nc1ccc(C)cc1. The first-order valence-corrected chi connectivity index (χ1v) is 11.8. The summed E-state index contributed by atoms with van der Waals surface area (Å²) in [7, 11) is 1.61. The smallest absolute Gasteiger partial charge is 0.322 e. The van der Waals surface area contributed by atoms with E-state index in [4.69, 9.17) is 9.84 Å². The fourth-order valence-corrected chi connectivity index (χ4v) is 3.47. The van der Waals surface area contributed by atoms with Crippen LogP contribution in [0.2, 0.25) is 0 Å². The quantitative estimate of drug-likeness (QED) is 0.457. The molecule has 3 amide bonds. The summed E-state index contributed by atoms with van der Waals surface area (Å²) in [6.07, 6.45) is 0.729. The Morgan fingerprint density at radius 1 is 1.03 bits per heavy atom. The van der Waals surface area contributed by atoms with E-state index in [0.717, 1.165) is 29.1 Å². The van der Waals surface area contributed by atoms with Crippen LogP contribution in [0.3, 0.4) is 0 Å². The third-order valence-electron chi connectivity index (χ3n) is 5.48. The van der Waals surface area contributed by atoms with Crippen LogP contribution in [0, 0.1) is 6.92 Å². The van der Waals surface area contributed by atoms with E-state index in [9.17, 15) is 9.59 Å². The highest BCUT2D eigenvalue weighted by Gasteiger charge is 2.23. The summed E-state index contributed by atoms with van der Waals surface area (Å²) in [5.41, 5.74) is 3.22. The number of benzene rings is 2. The molecule has 0 saturated heterocycles. The Balaban J connectivity index is 1.79. The minimum absolute atomic E-state index is 0.0792. The molecule has 0 radical (unpaired) electrons. The van der Waals surface area contributed by atoms with Gasteiger partial charge in [-0.3, -0.25) is 4.79 Å². The number of aromatic nitrogens is 2. The monoisotopic (exact) mass is 477 g/mol. The topological polar surface area (TPSA) is 88.5 Å². The standard InChI is InChI=1S/C27H35N5O3/c1-7-16-31(26(34)28-20-10-8-19(2)9-11-20)18-25(33)29-24-17-23(27(3,4)5)30-32(24)21-12-14-22(35-6)15-13-21/h8-15,17H,7,16,18H2,1-6H3,(H,28,34)(H,29,33). The van der Waals surface area contributed by atoms with Crippen LogP contribution in [-0.2, 0) is 10.2 Å². The van der Waals surface area contributed by atoms with Crippen LogP contribution in [-0.4, -0.2) is 46.8 Å². The maximum atomic E-state index is 13.0. The lowest BCUT2D eigenvalue weighted by Gasteiger charge is -2.22. The summed E-state index contributed by atoms with van der Waals surface area (Å²) in [4.78, 5) is 27.4. The minimum Gasteiger partial charge on any atom is -0.497 e. The van der Waals surface area contributed by atoms with Gasteiger partial charge in [0.25, 0.3) is 0 Å². The lowest BCUT2D eigenvalue weighted by atomic mass is 9.92. The Labute approximate surface area is 207 Å². The molecule has 0 aliphatic heterocycles. The van der Waals surface area contributed by atoms with Gasteiger partial charge < -0.3 is 20.3 Å². The molecule has 0 aliphatic carbocycles. The van der Waals surface area contributed by atoms with Crippen molar-refractivity contribution >= 4 is 23.4 Å². The van der Waals surface area contributed by atoms with E-state index in [1.807, 2.05) is 68.4 Å². The van der Waals surface area contributed by atoms with Crippen LogP contribution in [0.4, 0.5) is 16.3 Å². The number of nitrogens with zero attached hydrogens (tertiary/aromatic N) is 3. The molecule has 3 aromatic rings. The number of hydrogen-bond donors (Lipinski definition) is 2. The van der Waals surface area contributed by atoms with E-state index in [1.165, 1.54) is 4.90 Å². The van der Waals surface area contributed by atoms with Crippen molar-refractivity contribution in [3.05, 3.63) is 65.9 Å². The summed E-state index contributed by atoms with van der Waals surface area (Å²) >= 11 is 0. The second-order valence-electron chi connectivity index (χ2n) is 9.54. The van der Waals surface area contributed by atoms with Gasteiger partial charge in [-0.25, -0.2) is 9.48 Å². The summed E-state index contributed by atoms with van der Waals surface area (Å²) < 4.78 is 6.96. The van der Waals surface area contributed by atoms with Gasteiger partial charge in [-0.1, -0.05) is 45.4 Å². The van der Waals surface area contributed by atoms with Gasteiger partial charge in [0.2, 0.25) is 5.91 Å². The van der Waals surface area contributed by atoms with Crippen molar-refractivity contribution in [3.63, 3.8) is 0 Å². The average molecular weight is 478 g/mol. The molecule has 0 saturated carbocycles. The second-order valence-corrected chi connectivity index (χ2v) is 9.54. The second kappa shape index (κ2) is 11.1. The average Bonchev–Trinajstić information content (AvgIpc) is 3.24. The molecule has 8 nitrogen and oxygen atoms in total. The van der Waals surface area contributed by atoms with Crippen LogP contribution < -0.4 is 15.4 Å². The number of carbonyl (C=O) groups is 2. The summed E-state index contributed by atoms with van der Waals surface area (Å²) in [5, 5.41) is 10.6. The van der Waals surface area contributed by atoms with Gasteiger partial charge in [0.15, 0.2) is 0 Å². The third-order valence-corrected chi connectivity index (χ3v) is 5.48. The molecular formula is C27H35N5O3. The van der Waals surface area contributed by atoms with E-state index in [0.29, 0.717) is 18.1 Å². The molecule has 2 aromatic carbocycles. The largest absolute Gasteiger partial charge is 0.497 e. The van der Waals surface area contributed by atoms with Gasteiger partial charge in [-0.2, -0.15) is 5.10 Å². The lowest BCUT2D eigenvalue weighted by molar-refractivity contribution is -0.116. The molecule has 0 aliphatic rings. The van der Waals surface area contributed by atoms with Crippen molar-refractivity contribution in [2.75, 3.05) is 30.8 Å². The number of anilines is 2. The first-order chi connectivity index (χ1) is 16.6. The maximum Gasteiger partial charge on any atom is 0.322 e. The van der Waals surface area contributed by atoms with Gasteiger partial charge in [0.05, 0.1) is 18.5 Å². The van der Waals surface area contributed by atoms with E-state index in [-0.39, 0.29) is 23.9 Å². The number of methoxy groups -OCH3 is 1. The molecule has 1 aromatic heterocycles. The highest BCUT2D eigenvalue weighted by molar-refractivity contribution is 5.96. The van der Waals surface area contributed by atoms with Crippen LogP contribution in [0.5, 0.6) is 5.75 Å². The zero-order valence-electron chi connectivity index (χ0n) is 21.4. The number of carbonyl (C=O) groups excluding carboxylic acids is 2. The molecule has 0 fully saturated rings. The van der Waals surface area contributed by atoms with E-state index in [2.05, 4.69) is 31.4 Å². The van der Waals surface area contributed by atoms with Crippen molar-refractivity contribution in [2.45, 2.75) is 46.5 Å². The zero-order valence-corrected chi connectivity index (χ0v) is 21.4. The molecular weight excluding hydrogens is 442 g/mol. The van der Waals surface area contributed by atoms with E-state index >= 15 is 0 Å². The number of rotatable bonds is 8. The van der Waals surface area contributed by atoms with Gasteiger partial charge in [-0.05, 0) is 49.7 Å². The molecule has 35 heavy (non-hydrogen) atoms. The van der Waals surface area contributed by atoms with Crippen molar-refractivity contribution < 1.29 is 14.3 Å². The van der Waals surface area contributed by atoms with Crippen LogP contribution >= 0.6 is 0 Å². The van der Waals surface area contributed by atoms with E-state index < -0.39 is 0 Å². The molecule has 3 rings (SSSR count). The molecule has 0 spiro atoms. The molecule has 0 bridgehead atoms. The molecule has 1 heterocycles. The minimum atomic E-state index is -0.315. The summed E-state index contributed by atoms with van der Waals surface area (Å²) in [6, 6.07) is 16.6. The number of urea groups is 1. The Bertz CT molecular complexity index is 1150. The third kappa shape index (κ3) is 6.85. The Morgan fingerprint density at radius 2 is 1.69 bits per heavy atom. The Morgan fingerprint density at radius 3 is 2.26 bits per heavy atom. The molecule has 186 valence electrons. The Hall–Kier alpha value is -3.81. The van der Waals surface area contributed by atoms with Crippen LogP contribution in [0.15, 0.2) is 54.6 Å². The van der Waals surface area contributed by atoms with Gasteiger partial charge in [0.1, 0.15) is 18.1 Å². The Kier molecular flexibility index (Phi) is 8.17. The predicted molar refractivity (Wildman–Crippen MR) is 140 cm³/mol. The normalized spacial score (nSPS) is 11.1. The number of aryl methyl sites for hydroxylation is 1. The maximum absolute atomic E-state index is 13.0. The van der Waals surface area contributed by atoms with Crippen molar-refractivity contribution in [2.24, 2.45) is 0 Å². The molecule has 0 unspecified atom stereocenters. The van der Waals surface area contributed by atoms with Crippen LogP contribution in [0.1, 0.15) is 45.4 Å². The van der Waals surface area contributed by atoms with E-state index in [1.54, 1.807) is 11.8 Å². The van der Waals surface area contributed by atoms with Gasteiger partial charge >= 0.3 is 6.03 Å². The fourth-order valence-electron chi connectivity index (χ4n) is 3.47. The van der Waals surface area contributed by atoms with Gasteiger partial charge in [-0.15, -0.1) is 0 Å². The lowest BCUT2D eigenvalue weighted by Crippen LogP contribution is -2.41. The van der Waals surface area contributed by atoms with Gasteiger partial charge in [0, 0.05) is 23.7 Å². The molecule has 0 atom stereocenters. The predicted octanol–water partition coefficient (Wildman–Crippen LogP) is 5.37. The zero-order chi connectivity index (χ0) is 25.6. The highest BCUT2D eigenvalue weighted by Crippen LogP contribution is 2.27. The van der Waals surface area contributed by atoms with Crippen molar-refractivity contribution in [1.29, 1.82) is 0 Å². The van der Waals surface area contributed by atoms with Crippen molar-refractivity contribution in [1.82, 2.24) is 14.7 Å². The number of hydrogen-bond acceptors (Lipinski definition) is 4. The van der Waals surface area contributed by atoms with Crippen molar-refractivity contribution in [3.8, 4) is 11.4 Å². The number of amides is 3. The van der Waals surface area contributed by atoms with Crippen LogP contribution in [0.25, 0.3) is 5.69 Å². The summed E-state index contributed by atoms with van der Waals surface area (Å²) in [6.45, 7) is 10.5. The number of nitrogens with one attached hydrogen (secondary N) is 2.